The molecule has 0 saturated heterocycles. The molecular weight excluding hydrogens is 661 g/mol. The van der Waals surface area contributed by atoms with E-state index in [9.17, 15) is 0 Å². The number of allylic oxidation sites excluding steroid dienone is 12. The third-order valence-corrected chi connectivity index (χ3v) is 22.1. The van der Waals surface area contributed by atoms with E-state index in [2.05, 4.69) is 79.8 Å². The Morgan fingerprint density at radius 2 is 0.909 bits per heavy atom. The third kappa shape index (κ3) is 5.18. The second-order valence-corrected chi connectivity index (χ2v) is 23.5. The summed E-state index contributed by atoms with van der Waals surface area (Å²) in [5, 5.41) is 0. The fourth-order valence-corrected chi connectivity index (χ4v) is 20.6. The van der Waals surface area contributed by atoms with Crippen LogP contribution in [0.3, 0.4) is 0 Å². The molecule has 55 heavy (non-hydrogen) atoms. The highest BCUT2D eigenvalue weighted by Gasteiger charge is 2.69. The number of hydrogen-bond acceptors (Lipinski definition) is 0. The van der Waals surface area contributed by atoms with Gasteiger partial charge in [0.25, 0.3) is 0 Å². The van der Waals surface area contributed by atoms with E-state index in [1.54, 1.807) is 44.9 Å². The highest BCUT2D eigenvalue weighted by Crippen LogP contribution is 2.75. The summed E-state index contributed by atoms with van der Waals surface area (Å²) in [7, 11) is 0. The summed E-state index contributed by atoms with van der Waals surface area (Å²) in [4.78, 5) is 0. The van der Waals surface area contributed by atoms with Gasteiger partial charge in [0.1, 0.15) is 0 Å². The van der Waals surface area contributed by atoms with Crippen LogP contribution in [0.25, 0.3) is 0 Å². The minimum absolute atomic E-state index is 0.954. The molecular formula is C55H74. The molecule has 14 bridgehead atoms. The maximum Gasteiger partial charge on any atom is -0.0193 e. The van der Waals surface area contributed by atoms with Gasteiger partial charge in [-0.2, -0.15) is 0 Å². The molecule has 25 atom stereocenters. The van der Waals surface area contributed by atoms with Gasteiger partial charge in [0.05, 0.1) is 0 Å². The molecule has 0 N–H and O–H groups in total. The zero-order chi connectivity index (χ0) is 35.9. The Morgan fingerprint density at radius 1 is 0.345 bits per heavy atom. The smallest absolute Gasteiger partial charge is 0.0193 e. The topological polar surface area (TPSA) is 0 Å². The monoisotopic (exact) mass is 735 g/mol. The molecule has 10 fully saturated rings. The van der Waals surface area contributed by atoms with Crippen LogP contribution in [0.4, 0.5) is 0 Å². The predicted octanol–water partition coefficient (Wildman–Crippen LogP) is 13.6. The van der Waals surface area contributed by atoms with E-state index in [1.165, 1.54) is 99.7 Å². The summed E-state index contributed by atoms with van der Waals surface area (Å²) >= 11 is 0. The van der Waals surface area contributed by atoms with Crippen LogP contribution in [-0.4, -0.2) is 0 Å². The number of hydrogen-bond donors (Lipinski definition) is 0. The first-order valence-electron chi connectivity index (χ1n) is 25.2. The van der Waals surface area contributed by atoms with Gasteiger partial charge in [0.15, 0.2) is 0 Å². The molecule has 16 rings (SSSR count). The molecule has 10 saturated carbocycles. The van der Waals surface area contributed by atoms with Gasteiger partial charge < -0.3 is 0 Å². The SMILES string of the molecule is C1=CC2CC1C1C3CC(C21)C1C2CCC(C2)C31.C1=CCC(C2CC3C=CC2C3)CC1.C1=CCC2C3C=CC(C3)C2C1.CCC1CC2CC1C1C3C=CC(C3)C21. The highest BCUT2D eigenvalue weighted by atomic mass is 14.7. The summed E-state index contributed by atoms with van der Waals surface area (Å²) in [6.07, 6.45) is 55.3. The van der Waals surface area contributed by atoms with E-state index in [0.717, 1.165) is 112 Å². The van der Waals surface area contributed by atoms with Gasteiger partial charge in [-0.05, 0) is 251 Å². The standard InChI is InChI=1S/C17H22.C14H20.C13H18.C11H14/c1-2-9-5-8(1)14-12-7-13(15(9)14)17-11-4-3-10(6-11)16(12)17;1-2-8-5-11-7-12(8)14-10-4-3-9(6-10)13(11)14;1-2-4-11(5-3-1)13-9-10-6-7-12(13)8-10;1-2-4-11-9-6-5-8(7-9)10(11)3-1/h1-2,8-17H,3-7H2;3-4,8-14H,2,5-7H2,1H3;1-2,6-7,10-13H,3-5,8-9H2;1-2,5-6,8-11H,3-4,7H2. The molecule has 16 aliphatic rings. The van der Waals surface area contributed by atoms with Gasteiger partial charge in [-0.15, -0.1) is 0 Å². The number of fused-ring (bicyclic) bond motifs is 32. The van der Waals surface area contributed by atoms with Gasteiger partial charge in [-0.25, -0.2) is 0 Å². The Bertz CT molecular complexity index is 1610. The van der Waals surface area contributed by atoms with Crippen LogP contribution in [0.2, 0.25) is 0 Å². The maximum absolute atomic E-state index is 2.61. The first-order valence-corrected chi connectivity index (χ1v) is 25.2. The van der Waals surface area contributed by atoms with Crippen molar-refractivity contribution in [1.29, 1.82) is 0 Å². The molecule has 0 nitrogen and oxygen atoms in total. The van der Waals surface area contributed by atoms with Crippen molar-refractivity contribution in [1.82, 2.24) is 0 Å². The zero-order valence-electron chi connectivity index (χ0n) is 34.4. The largest absolute Gasteiger partial charge is 0.0885 e. The molecule has 0 aromatic carbocycles. The predicted molar refractivity (Wildman–Crippen MR) is 226 cm³/mol. The molecule has 0 heteroatoms. The van der Waals surface area contributed by atoms with E-state index in [1.807, 2.05) is 0 Å². The highest BCUT2D eigenvalue weighted by molar-refractivity contribution is 5.25. The molecule has 0 amide bonds. The van der Waals surface area contributed by atoms with Gasteiger partial charge in [0, 0.05) is 0 Å². The fraction of sp³-hybridized carbons (Fsp3) is 0.782. The van der Waals surface area contributed by atoms with E-state index in [-0.39, 0.29) is 0 Å². The van der Waals surface area contributed by atoms with Crippen molar-refractivity contribution in [2.24, 2.45) is 148 Å². The lowest BCUT2D eigenvalue weighted by Crippen LogP contribution is -2.39. The summed E-state index contributed by atoms with van der Waals surface area (Å²) in [5.74, 6) is 27.1. The Kier molecular flexibility index (Phi) is 8.25. The van der Waals surface area contributed by atoms with Crippen molar-refractivity contribution >= 4 is 0 Å². The third-order valence-electron chi connectivity index (χ3n) is 22.1. The molecule has 0 heterocycles. The number of rotatable bonds is 2. The summed E-state index contributed by atoms with van der Waals surface area (Å²) in [5.41, 5.74) is 0. The fourth-order valence-electron chi connectivity index (χ4n) is 20.6. The minimum Gasteiger partial charge on any atom is -0.0885 e. The van der Waals surface area contributed by atoms with Crippen molar-refractivity contribution in [2.75, 3.05) is 0 Å². The van der Waals surface area contributed by atoms with E-state index in [4.69, 9.17) is 0 Å². The average Bonchev–Trinajstić information content (AvgIpc) is 4.10. The van der Waals surface area contributed by atoms with Crippen molar-refractivity contribution < 1.29 is 0 Å². The molecule has 25 unspecified atom stereocenters. The van der Waals surface area contributed by atoms with Crippen molar-refractivity contribution in [3.8, 4) is 0 Å². The Hall–Kier alpha value is -1.56. The van der Waals surface area contributed by atoms with Gasteiger partial charge in [-0.1, -0.05) is 86.3 Å². The van der Waals surface area contributed by atoms with E-state index < -0.39 is 0 Å². The quantitative estimate of drug-likeness (QED) is 0.196. The molecule has 0 spiro atoms. The van der Waals surface area contributed by atoms with Crippen molar-refractivity contribution in [3.05, 3.63) is 72.9 Å². The molecule has 0 aliphatic heterocycles. The summed E-state index contributed by atoms with van der Waals surface area (Å²) in [6.45, 7) is 2.41. The molecule has 16 aliphatic carbocycles. The van der Waals surface area contributed by atoms with E-state index in [0.29, 0.717) is 0 Å². The zero-order valence-corrected chi connectivity index (χ0v) is 34.4. The molecule has 0 radical (unpaired) electrons. The van der Waals surface area contributed by atoms with Crippen molar-refractivity contribution in [2.45, 2.75) is 116 Å². The first kappa shape index (κ1) is 34.3. The summed E-state index contributed by atoms with van der Waals surface area (Å²) < 4.78 is 0. The van der Waals surface area contributed by atoms with Crippen LogP contribution < -0.4 is 0 Å². The van der Waals surface area contributed by atoms with Crippen LogP contribution in [0.5, 0.6) is 0 Å². The lowest BCUT2D eigenvalue weighted by molar-refractivity contribution is 0.0505. The van der Waals surface area contributed by atoms with Crippen molar-refractivity contribution in [3.63, 3.8) is 0 Å². The van der Waals surface area contributed by atoms with E-state index >= 15 is 0 Å². The second kappa shape index (κ2) is 13.2. The average molecular weight is 735 g/mol. The van der Waals surface area contributed by atoms with Gasteiger partial charge in [-0.3, -0.25) is 0 Å². The molecule has 0 aromatic heterocycles. The Labute approximate surface area is 335 Å². The van der Waals surface area contributed by atoms with Crippen LogP contribution in [0.1, 0.15) is 116 Å². The van der Waals surface area contributed by atoms with Gasteiger partial charge in [0.2, 0.25) is 0 Å². The Morgan fingerprint density at radius 3 is 1.49 bits per heavy atom. The normalized spacial score (nSPS) is 59.8. The van der Waals surface area contributed by atoms with Crippen LogP contribution in [-0.2, 0) is 0 Å². The Balaban J connectivity index is 0.0000000788. The van der Waals surface area contributed by atoms with Gasteiger partial charge >= 0.3 is 0 Å². The van der Waals surface area contributed by atoms with Crippen LogP contribution in [0, 0.1) is 148 Å². The van der Waals surface area contributed by atoms with Crippen LogP contribution >= 0.6 is 0 Å². The molecule has 0 aromatic rings. The lowest BCUT2D eigenvalue weighted by atomic mass is 9.61. The second-order valence-electron chi connectivity index (χ2n) is 23.5. The van der Waals surface area contributed by atoms with Crippen LogP contribution in [0.15, 0.2) is 72.9 Å². The molecule has 294 valence electrons. The maximum atomic E-state index is 2.61. The minimum atomic E-state index is 0.954. The first-order chi connectivity index (χ1) is 27.2. The lowest BCUT2D eigenvalue weighted by Gasteiger charge is -2.44. The summed E-state index contributed by atoms with van der Waals surface area (Å²) in [6, 6.07) is 0.